The fourth-order valence-electron chi connectivity index (χ4n) is 5.73. The van der Waals surface area contributed by atoms with E-state index in [-0.39, 0.29) is 32.6 Å². The maximum Gasteiger partial charge on any atom is 0.472 e. The third kappa shape index (κ3) is 42.8. The summed E-state index contributed by atoms with van der Waals surface area (Å²) in [5.41, 5.74) is 5.34. The molecule has 0 saturated carbocycles. The molecule has 2 atom stereocenters. The van der Waals surface area contributed by atoms with E-state index < -0.39 is 32.5 Å². The van der Waals surface area contributed by atoms with Crippen LogP contribution in [0.15, 0.2) is 85.1 Å². The first-order valence-electron chi connectivity index (χ1n) is 22.6. The quantitative estimate of drug-likeness (QED) is 0.0267. The molecule has 0 fully saturated rings. The molecule has 0 aromatic heterocycles. The lowest BCUT2D eigenvalue weighted by atomic mass is 10.1. The average molecular weight is 832 g/mol. The Bertz CT molecular complexity index is 1220. The Morgan fingerprint density at radius 3 is 1.41 bits per heavy atom. The Hall–Kier alpha value is -2.81. The zero-order valence-electron chi connectivity index (χ0n) is 36.5. The first-order valence-corrected chi connectivity index (χ1v) is 24.1. The molecule has 0 aliphatic heterocycles. The zero-order chi connectivity index (χ0) is 42.5. The summed E-state index contributed by atoms with van der Waals surface area (Å²) in [6.45, 7) is 3.56. The number of hydrogen-bond donors (Lipinski definition) is 2. The molecule has 3 N–H and O–H groups in total. The number of phosphoric ester groups is 1. The van der Waals surface area contributed by atoms with Crippen molar-refractivity contribution in [2.75, 3.05) is 26.4 Å². The summed E-state index contributed by atoms with van der Waals surface area (Å²) in [4.78, 5) is 34.8. The van der Waals surface area contributed by atoms with Gasteiger partial charge in [0.15, 0.2) is 6.10 Å². The van der Waals surface area contributed by atoms with Crippen molar-refractivity contribution in [2.24, 2.45) is 5.73 Å². The number of carbonyl (C=O) groups is 2. The Morgan fingerprint density at radius 1 is 0.534 bits per heavy atom. The highest BCUT2D eigenvalue weighted by molar-refractivity contribution is 7.47. The Kier molecular flexibility index (Phi) is 41.6. The average Bonchev–Trinajstić information content (AvgIpc) is 3.21. The molecule has 332 valence electrons. The molecule has 9 nitrogen and oxygen atoms in total. The number of phosphoric acid groups is 1. The van der Waals surface area contributed by atoms with Crippen molar-refractivity contribution in [1.82, 2.24) is 0 Å². The molecule has 10 heteroatoms. The second-order valence-corrected chi connectivity index (χ2v) is 16.0. The summed E-state index contributed by atoms with van der Waals surface area (Å²) in [6.07, 6.45) is 54.8. The van der Waals surface area contributed by atoms with E-state index in [1.807, 2.05) is 0 Å². The highest BCUT2D eigenvalue weighted by atomic mass is 31.2. The highest BCUT2D eigenvalue weighted by Gasteiger charge is 2.26. The van der Waals surface area contributed by atoms with Gasteiger partial charge in [0.05, 0.1) is 13.2 Å². The fraction of sp³-hybridized carbons (Fsp3) is 0.667. The van der Waals surface area contributed by atoms with Gasteiger partial charge in [0.2, 0.25) is 0 Å². The fourth-order valence-corrected chi connectivity index (χ4v) is 6.50. The van der Waals surface area contributed by atoms with Crippen molar-refractivity contribution in [3.63, 3.8) is 0 Å². The van der Waals surface area contributed by atoms with Gasteiger partial charge in [-0.05, 0) is 70.6 Å². The van der Waals surface area contributed by atoms with Gasteiger partial charge in [-0.2, -0.15) is 0 Å². The van der Waals surface area contributed by atoms with Crippen LogP contribution in [0.25, 0.3) is 0 Å². The minimum absolute atomic E-state index is 0.0463. The SMILES string of the molecule is CC/C=C\C/C=C\C/C=C\C/C=C\C/C=C\C/C=C\C/C=C\CCCCCCCC(=O)OC(COC(=O)CCCCCCCCCCCC)COP(=O)(O)OCCN. The lowest BCUT2D eigenvalue weighted by molar-refractivity contribution is -0.161. The zero-order valence-corrected chi connectivity index (χ0v) is 37.4. The standard InChI is InChI=1S/C48H82NO8P/c1-3-5-7-9-11-13-15-16-17-18-19-20-21-22-23-24-25-26-27-28-29-30-31-33-35-37-39-41-48(51)57-46(45-56-58(52,53)55-43-42-49)44-54-47(50)40-38-36-34-32-14-12-10-8-6-4-2/h5,7,11,13,16-17,19-20,22-23,25-26,28-29,46H,3-4,6,8-10,12,14-15,18,21,24,27,30-45,49H2,1-2H3,(H,52,53)/b7-5-,13-11-,17-16-,20-19-,23-22-,26-25-,29-28-. The Morgan fingerprint density at radius 2 is 0.948 bits per heavy atom. The first kappa shape index (κ1) is 55.2. The number of rotatable bonds is 41. The van der Waals surface area contributed by atoms with Gasteiger partial charge < -0.3 is 20.1 Å². The van der Waals surface area contributed by atoms with Crippen LogP contribution in [0.3, 0.4) is 0 Å². The smallest absolute Gasteiger partial charge is 0.462 e. The van der Waals surface area contributed by atoms with Crippen LogP contribution >= 0.6 is 7.82 Å². The van der Waals surface area contributed by atoms with Crippen LogP contribution in [0.1, 0.15) is 174 Å². The summed E-state index contributed by atoms with van der Waals surface area (Å²) in [5.74, 6) is -0.858. The van der Waals surface area contributed by atoms with Crippen molar-refractivity contribution in [3.8, 4) is 0 Å². The van der Waals surface area contributed by atoms with Gasteiger partial charge >= 0.3 is 19.8 Å². The summed E-state index contributed by atoms with van der Waals surface area (Å²) in [5, 5.41) is 0. The van der Waals surface area contributed by atoms with Gasteiger partial charge in [0.1, 0.15) is 6.61 Å². The van der Waals surface area contributed by atoms with Crippen LogP contribution in [-0.4, -0.2) is 49.3 Å². The van der Waals surface area contributed by atoms with E-state index in [9.17, 15) is 19.0 Å². The molecule has 0 aliphatic carbocycles. The third-order valence-corrected chi connectivity index (χ3v) is 10.0. The third-order valence-electron chi connectivity index (χ3n) is 9.05. The first-order chi connectivity index (χ1) is 28.3. The summed E-state index contributed by atoms with van der Waals surface area (Å²) in [7, 11) is -4.38. The van der Waals surface area contributed by atoms with E-state index in [4.69, 9.17) is 24.3 Å². The summed E-state index contributed by atoms with van der Waals surface area (Å²) >= 11 is 0. The number of nitrogens with two attached hydrogens (primary N) is 1. The van der Waals surface area contributed by atoms with Crippen molar-refractivity contribution < 1.29 is 37.6 Å². The van der Waals surface area contributed by atoms with Crippen LogP contribution in [0.5, 0.6) is 0 Å². The molecule has 0 bridgehead atoms. The molecule has 0 amide bonds. The Labute approximate surface area is 354 Å². The maximum absolute atomic E-state index is 12.6. The molecular formula is C48H82NO8P. The molecule has 0 aromatic carbocycles. The van der Waals surface area contributed by atoms with Crippen molar-refractivity contribution in [2.45, 2.75) is 180 Å². The second-order valence-electron chi connectivity index (χ2n) is 14.5. The van der Waals surface area contributed by atoms with E-state index in [2.05, 4.69) is 98.9 Å². The van der Waals surface area contributed by atoms with Gasteiger partial charge in [-0.15, -0.1) is 0 Å². The van der Waals surface area contributed by atoms with Crippen LogP contribution in [0.2, 0.25) is 0 Å². The van der Waals surface area contributed by atoms with Crippen molar-refractivity contribution in [1.29, 1.82) is 0 Å². The van der Waals surface area contributed by atoms with Gasteiger partial charge in [-0.3, -0.25) is 18.6 Å². The molecular weight excluding hydrogens is 750 g/mol. The van der Waals surface area contributed by atoms with Gasteiger partial charge in [-0.1, -0.05) is 176 Å². The lowest BCUT2D eigenvalue weighted by Crippen LogP contribution is -2.29. The molecule has 0 radical (unpaired) electrons. The molecule has 0 saturated heterocycles. The molecule has 0 heterocycles. The van der Waals surface area contributed by atoms with Gasteiger partial charge in [0.25, 0.3) is 0 Å². The normalized spacial score (nSPS) is 14.1. The molecule has 58 heavy (non-hydrogen) atoms. The monoisotopic (exact) mass is 832 g/mol. The minimum atomic E-state index is -4.38. The van der Waals surface area contributed by atoms with Gasteiger partial charge in [-0.25, -0.2) is 4.57 Å². The van der Waals surface area contributed by atoms with Crippen LogP contribution in [0, 0.1) is 0 Å². The highest BCUT2D eigenvalue weighted by Crippen LogP contribution is 2.43. The second kappa shape index (κ2) is 43.8. The number of ether oxygens (including phenoxy) is 2. The number of unbranched alkanes of at least 4 members (excludes halogenated alkanes) is 14. The van der Waals surface area contributed by atoms with E-state index >= 15 is 0 Å². The maximum atomic E-state index is 12.6. The molecule has 0 aliphatic rings. The summed E-state index contributed by atoms with van der Waals surface area (Å²) in [6, 6.07) is 0. The molecule has 2 unspecified atom stereocenters. The van der Waals surface area contributed by atoms with Crippen molar-refractivity contribution >= 4 is 19.8 Å². The molecule has 0 aromatic rings. The Balaban J connectivity index is 4.13. The molecule has 0 spiro atoms. The van der Waals surface area contributed by atoms with Crippen molar-refractivity contribution in [3.05, 3.63) is 85.1 Å². The van der Waals surface area contributed by atoms with E-state index in [1.165, 1.54) is 44.9 Å². The predicted octanol–water partition coefficient (Wildman–Crippen LogP) is 13.2. The van der Waals surface area contributed by atoms with Crippen LogP contribution in [-0.2, 0) is 32.7 Å². The number of hydrogen-bond acceptors (Lipinski definition) is 8. The largest absolute Gasteiger partial charge is 0.472 e. The molecule has 0 rings (SSSR count). The van der Waals surface area contributed by atoms with E-state index in [1.54, 1.807) is 0 Å². The van der Waals surface area contributed by atoms with Crippen LogP contribution < -0.4 is 5.73 Å². The summed E-state index contributed by atoms with van der Waals surface area (Å²) < 4.78 is 32.7. The van der Waals surface area contributed by atoms with E-state index in [0.29, 0.717) is 6.42 Å². The van der Waals surface area contributed by atoms with E-state index in [0.717, 1.165) is 96.3 Å². The predicted molar refractivity (Wildman–Crippen MR) is 242 cm³/mol. The number of allylic oxidation sites excluding steroid dienone is 14. The lowest BCUT2D eigenvalue weighted by Gasteiger charge is -2.19. The van der Waals surface area contributed by atoms with Gasteiger partial charge in [0, 0.05) is 19.4 Å². The minimum Gasteiger partial charge on any atom is -0.462 e. The van der Waals surface area contributed by atoms with Crippen LogP contribution in [0.4, 0.5) is 0 Å². The topological polar surface area (TPSA) is 134 Å². The number of carbonyl (C=O) groups excluding carboxylic acids is 2. The number of esters is 2.